The van der Waals surface area contributed by atoms with Crippen molar-refractivity contribution in [2.24, 2.45) is 5.92 Å². The van der Waals surface area contributed by atoms with Gasteiger partial charge in [0.25, 0.3) is 0 Å². The van der Waals surface area contributed by atoms with Crippen molar-refractivity contribution in [2.75, 3.05) is 5.32 Å². The van der Waals surface area contributed by atoms with E-state index in [1.54, 1.807) is 6.20 Å². The van der Waals surface area contributed by atoms with E-state index in [-0.39, 0.29) is 17.7 Å². The van der Waals surface area contributed by atoms with Gasteiger partial charge in [0.15, 0.2) is 5.13 Å². The quantitative estimate of drug-likeness (QED) is 0.845. The molecule has 1 heterocycles. The predicted octanol–water partition coefficient (Wildman–Crippen LogP) is 3.14. The van der Waals surface area contributed by atoms with E-state index in [0.29, 0.717) is 5.13 Å². The smallest absolute Gasteiger partial charge is 0.248 e. The molecule has 0 bridgehead atoms. The van der Waals surface area contributed by atoms with Crippen molar-refractivity contribution < 1.29 is 9.59 Å². The second kappa shape index (κ2) is 8.06. The number of nitrogens with one attached hydrogen (secondary N) is 2. The zero-order valence-electron chi connectivity index (χ0n) is 14.4. The fraction of sp³-hybridized carbons (Fsp3) is 0.389. The zero-order chi connectivity index (χ0) is 17.7. The Kier molecular flexibility index (Phi) is 6.09. The number of rotatable bonds is 6. The molecule has 0 saturated carbocycles. The highest BCUT2D eigenvalue weighted by atomic mass is 32.1. The molecule has 0 radical (unpaired) electrons. The lowest BCUT2D eigenvalue weighted by atomic mass is 10.0. The van der Waals surface area contributed by atoms with Crippen LogP contribution in [0.25, 0.3) is 0 Å². The molecule has 0 spiro atoms. The third-order valence-electron chi connectivity index (χ3n) is 3.72. The minimum atomic E-state index is -0.564. The molecule has 5 nitrogen and oxygen atoms in total. The summed E-state index contributed by atoms with van der Waals surface area (Å²) in [4.78, 5) is 29.0. The van der Waals surface area contributed by atoms with E-state index in [4.69, 9.17) is 0 Å². The number of carbonyl (C=O) groups excluding carboxylic acids is 2. The summed E-state index contributed by atoms with van der Waals surface area (Å²) in [6, 6.07) is 7.66. The number of anilines is 1. The second-order valence-corrected chi connectivity index (χ2v) is 7.26. The SMILES string of the molecule is CC(=O)N[C@@H](C(=O)Nc1ncc(Cc2ccccc2C)s1)C(C)C. The number of aryl methyl sites for hydroxylation is 1. The number of benzene rings is 1. The summed E-state index contributed by atoms with van der Waals surface area (Å²) in [5, 5.41) is 6.04. The lowest BCUT2D eigenvalue weighted by molar-refractivity contribution is -0.126. The van der Waals surface area contributed by atoms with E-state index < -0.39 is 6.04 Å². The maximum Gasteiger partial charge on any atom is 0.248 e. The van der Waals surface area contributed by atoms with Gasteiger partial charge in [-0.15, -0.1) is 11.3 Å². The Morgan fingerprint density at radius 3 is 2.58 bits per heavy atom. The molecule has 1 atom stereocenters. The van der Waals surface area contributed by atoms with Gasteiger partial charge in [-0.05, 0) is 24.0 Å². The van der Waals surface area contributed by atoms with Gasteiger partial charge in [0, 0.05) is 24.4 Å². The summed E-state index contributed by atoms with van der Waals surface area (Å²) >= 11 is 1.46. The van der Waals surface area contributed by atoms with Crippen LogP contribution in [0.5, 0.6) is 0 Å². The van der Waals surface area contributed by atoms with E-state index in [1.165, 1.54) is 29.4 Å². The maximum atomic E-state index is 12.4. The van der Waals surface area contributed by atoms with Crippen LogP contribution in [0.1, 0.15) is 36.8 Å². The molecule has 0 unspecified atom stereocenters. The molecule has 0 aliphatic heterocycles. The third-order valence-corrected chi connectivity index (χ3v) is 4.63. The van der Waals surface area contributed by atoms with Gasteiger partial charge in [0.2, 0.25) is 11.8 Å². The highest BCUT2D eigenvalue weighted by Gasteiger charge is 2.23. The standard InChI is InChI=1S/C18H23N3O2S/c1-11(2)16(20-13(4)22)17(23)21-18-19-10-15(24-18)9-14-8-6-5-7-12(14)3/h5-8,10-11,16H,9H2,1-4H3,(H,20,22)(H,19,21,23)/t16-/m1/s1. The number of hydrogen-bond acceptors (Lipinski definition) is 4. The second-order valence-electron chi connectivity index (χ2n) is 6.15. The van der Waals surface area contributed by atoms with Gasteiger partial charge in [-0.2, -0.15) is 0 Å². The molecule has 2 aromatic rings. The lowest BCUT2D eigenvalue weighted by Crippen LogP contribution is -2.46. The Hall–Kier alpha value is -2.21. The molecule has 0 aliphatic carbocycles. The van der Waals surface area contributed by atoms with Crippen molar-refractivity contribution >= 4 is 28.3 Å². The number of aromatic nitrogens is 1. The molecule has 2 rings (SSSR count). The molecule has 0 aliphatic rings. The maximum absolute atomic E-state index is 12.4. The topological polar surface area (TPSA) is 71.1 Å². The van der Waals surface area contributed by atoms with Crippen molar-refractivity contribution in [3.05, 3.63) is 46.5 Å². The minimum Gasteiger partial charge on any atom is -0.344 e. The van der Waals surface area contributed by atoms with E-state index >= 15 is 0 Å². The molecule has 2 amide bonds. The molecule has 2 N–H and O–H groups in total. The van der Waals surface area contributed by atoms with Crippen molar-refractivity contribution in [2.45, 2.75) is 40.2 Å². The van der Waals surface area contributed by atoms with Crippen molar-refractivity contribution in [1.29, 1.82) is 0 Å². The molecule has 1 aromatic heterocycles. The first-order valence-corrected chi connectivity index (χ1v) is 8.75. The highest BCUT2D eigenvalue weighted by molar-refractivity contribution is 7.15. The fourth-order valence-electron chi connectivity index (χ4n) is 2.38. The van der Waals surface area contributed by atoms with E-state index in [2.05, 4.69) is 34.7 Å². The van der Waals surface area contributed by atoms with Crippen LogP contribution in [0, 0.1) is 12.8 Å². The Morgan fingerprint density at radius 1 is 1.25 bits per heavy atom. The van der Waals surface area contributed by atoms with Gasteiger partial charge < -0.3 is 10.6 Å². The monoisotopic (exact) mass is 345 g/mol. The molecule has 128 valence electrons. The molecule has 24 heavy (non-hydrogen) atoms. The van der Waals surface area contributed by atoms with Gasteiger partial charge in [-0.1, -0.05) is 38.1 Å². The van der Waals surface area contributed by atoms with Gasteiger partial charge in [0.1, 0.15) is 6.04 Å². The normalized spacial score (nSPS) is 12.0. The molecule has 6 heteroatoms. The Balaban J connectivity index is 2.04. The zero-order valence-corrected chi connectivity index (χ0v) is 15.2. The van der Waals surface area contributed by atoms with Crippen LogP contribution in [0.15, 0.2) is 30.5 Å². The van der Waals surface area contributed by atoms with Gasteiger partial charge >= 0.3 is 0 Å². The van der Waals surface area contributed by atoms with Gasteiger partial charge in [-0.25, -0.2) is 4.98 Å². The van der Waals surface area contributed by atoms with Crippen LogP contribution in [-0.2, 0) is 16.0 Å². The fourth-order valence-corrected chi connectivity index (χ4v) is 3.22. The van der Waals surface area contributed by atoms with Gasteiger partial charge in [0.05, 0.1) is 0 Å². The summed E-state index contributed by atoms with van der Waals surface area (Å²) < 4.78 is 0. The third kappa shape index (κ3) is 4.89. The predicted molar refractivity (Wildman–Crippen MR) is 97.2 cm³/mol. The van der Waals surface area contributed by atoms with Crippen LogP contribution in [0.2, 0.25) is 0 Å². The first-order valence-electron chi connectivity index (χ1n) is 7.94. The molecule has 1 aromatic carbocycles. The average Bonchev–Trinajstić information content (AvgIpc) is 2.93. The van der Waals surface area contributed by atoms with Gasteiger partial charge in [-0.3, -0.25) is 9.59 Å². The lowest BCUT2D eigenvalue weighted by Gasteiger charge is -2.20. The van der Waals surface area contributed by atoms with Crippen molar-refractivity contribution in [3.63, 3.8) is 0 Å². The highest BCUT2D eigenvalue weighted by Crippen LogP contribution is 2.23. The first-order chi connectivity index (χ1) is 11.4. The van der Waals surface area contributed by atoms with Crippen LogP contribution in [-0.4, -0.2) is 22.8 Å². The average molecular weight is 345 g/mol. The first kappa shape index (κ1) is 18.1. The summed E-state index contributed by atoms with van der Waals surface area (Å²) in [5.74, 6) is -0.458. The number of nitrogens with zero attached hydrogens (tertiary/aromatic N) is 1. The summed E-state index contributed by atoms with van der Waals surface area (Å²) in [7, 11) is 0. The Bertz CT molecular complexity index is 725. The van der Waals surface area contributed by atoms with Crippen molar-refractivity contribution in [1.82, 2.24) is 10.3 Å². The number of amides is 2. The van der Waals surface area contributed by atoms with Crippen LogP contribution < -0.4 is 10.6 Å². The summed E-state index contributed by atoms with van der Waals surface area (Å²) in [5.41, 5.74) is 2.49. The van der Waals surface area contributed by atoms with Crippen LogP contribution in [0.3, 0.4) is 0 Å². The summed E-state index contributed by atoms with van der Waals surface area (Å²) in [6.07, 6.45) is 2.58. The largest absolute Gasteiger partial charge is 0.344 e. The van der Waals surface area contributed by atoms with Crippen LogP contribution >= 0.6 is 11.3 Å². The Morgan fingerprint density at radius 2 is 1.96 bits per heavy atom. The molecule has 0 saturated heterocycles. The molecular formula is C18H23N3O2S. The minimum absolute atomic E-state index is 0.000279. The van der Waals surface area contributed by atoms with Crippen LogP contribution in [0.4, 0.5) is 5.13 Å². The summed E-state index contributed by atoms with van der Waals surface area (Å²) in [6.45, 7) is 7.28. The molecule has 0 fully saturated rings. The number of thiazole rings is 1. The Labute approximate surface area is 146 Å². The molecular weight excluding hydrogens is 322 g/mol. The number of hydrogen-bond donors (Lipinski definition) is 2. The number of carbonyl (C=O) groups is 2. The van der Waals surface area contributed by atoms with Crippen molar-refractivity contribution in [3.8, 4) is 0 Å². The van der Waals surface area contributed by atoms with E-state index in [1.807, 2.05) is 26.0 Å². The van der Waals surface area contributed by atoms with E-state index in [9.17, 15) is 9.59 Å². The van der Waals surface area contributed by atoms with E-state index in [0.717, 1.165) is 11.3 Å².